The molecule has 0 aliphatic rings. The van der Waals surface area contributed by atoms with Gasteiger partial charge >= 0.3 is 0 Å². The van der Waals surface area contributed by atoms with Gasteiger partial charge in [-0.05, 0) is 45.0 Å². The van der Waals surface area contributed by atoms with Crippen molar-refractivity contribution in [3.05, 3.63) is 47.5 Å². The van der Waals surface area contributed by atoms with Gasteiger partial charge < -0.3 is 9.67 Å². The van der Waals surface area contributed by atoms with Gasteiger partial charge in [-0.15, -0.1) is 0 Å². The molecule has 1 atom stereocenters. The van der Waals surface area contributed by atoms with Crippen LogP contribution in [-0.4, -0.2) is 15.8 Å². The lowest BCUT2D eigenvalue weighted by molar-refractivity contribution is 0.176. The summed E-state index contributed by atoms with van der Waals surface area (Å²) in [6.45, 7) is 6.70. The van der Waals surface area contributed by atoms with Crippen molar-refractivity contribution in [2.45, 2.75) is 33.4 Å². The van der Waals surface area contributed by atoms with Gasteiger partial charge in [-0.1, -0.05) is 23.3 Å². The topological polar surface area (TPSA) is 25.2 Å². The number of aliphatic hydroxyl groups excluding tert-OH is 1. The van der Waals surface area contributed by atoms with Gasteiger partial charge in [0.2, 0.25) is 0 Å². The lowest BCUT2D eigenvalue weighted by atomic mass is 10.1. The van der Waals surface area contributed by atoms with E-state index in [1.807, 2.05) is 6.92 Å². The van der Waals surface area contributed by atoms with Gasteiger partial charge in [-0.25, -0.2) is 0 Å². The first-order valence-corrected chi connectivity index (χ1v) is 6.73. The fraction of sp³-hybridized carbons (Fsp3) is 0.294. The SMILES string of the molecule is Cc1ccc2c(c1)c1cc(C)ccc1n2CC(C)O. The molecule has 0 spiro atoms. The zero-order chi connectivity index (χ0) is 13.6. The van der Waals surface area contributed by atoms with Crippen molar-refractivity contribution in [1.29, 1.82) is 0 Å². The summed E-state index contributed by atoms with van der Waals surface area (Å²) in [5.41, 5.74) is 4.94. The van der Waals surface area contributed by atoms with Crippen LogP contribution >= 0.6 is 0 Å². The molecule has 19 heavy (non-hydrogen) atoms. The zero-order valence-corrected chi connectivity index (χ0v) is 11.6. The molecule has 2 nitrogen and oxygen atoms in total. The van der Waals surface area contributed by atoms with E-state index < -0.39 is 0 Å². The molecule has 98 valence electrons. The maximum atomic E-state index is 9.73. The van der Waals surface area contributed by atoms with Crippen LogP contribution in [0.5, 0.6) is 0 Å². The van der Waals surface area contributed by atoms with E-state index in [1.165, 1.54) is 32.9 Å². The number of aromatic nitrogens is 1. The van der Waals surface area contributed by atoms with Crippen LogP contribution in [0.4, 0.5) is 0 Å². The Balaban J connectivity index is 2.43. The van der Waals surface area contributed by atoms with Crippen molar-refractivity contribution < 1.29 is 5.11 Å². The van der Waals surface area contributed by atoms with E-state index in [-0.39, 0.29) is 6.10 Å². The second-order valence-electron chi connectivity index (χ2n) is 5.50. The normalized spacial score (nSPS) is 13.3. The standard InChI is InChI=1S/C17H19NO/c1-11-4-6-16-14(8-11)15-9-12(2)5-7-17(15)18(16)10-13(3)19/h4-9,13,19H,10H2,1-3H3. The third-order valence-corrected chi connectivity index (χ3v) is 3.62. The third kappa shape index (κ3) is 2.02. The molecule has 2 aromatic carbocycles. The summed E-state index contributed by atoms with van der Waals surface area (Å²) < 4.78 is 2.22. The lowest BCUT2D eigenvalue weighted by Gasteiger charge is -2.09. The molecule has 1 aromatic heterocycles. The highest BCUT2D eigenvalue weighted by molar-refractivity contribution is 6.08. The van der Waals surface area contributed by atoms with Gasteiger partial charge in [-0.3, -0.25) is 0 Å². The molecule has 0 saturated heterocycles. The highest BCUT2D eigenvalue weighted by Gasteiger charge is 2.12. The van der Waals surface area contributed by atoms with Crippen molar-refractivity contribution in [3.8, 4) is 0 Å². The third-order valence-electron chi connectivity index (χ3n) is 3.62. The average molecular weight is 253 g/mol. The van der Waals surface area contributed by atoms with Crippen molar-refractivity contribution in [2.24, 2.45) is 0 Å². The molecule has 3 rings (SSSR count). The van der Waals surface area contributed by atoms with Crippen LogP contribution in [0.3, 0.4) is 0 Å². The Morgan fingerprint density at radius 3 is 1.84 bits per heavy atom. The maximum absolute atomic E-state index is 9.73. The minimum absolute atomic E-state index is 0.346. The van der Waals surface area contributed by atoms with Gasteiger partial charge in [0, 0.05) is 28.4 Å². The number of aliphatic hydroxyl groups is 1. The first-order valence-electron chi connectivity index (χ1n) is 6.73. The fourth-order valence-electron chi connectivity index (χ4n) is 2.79. The molecule has 3 aromatic rings. The molecule has 0 radical (unpaired) electrons. The van der Waals surface area contributed by atoms with Crippen molar-refractivity contribution in [2.75, 3.05) is 0 Å². The molecule has 1 unspecified atom stereocenters. The first-order chi connectivity index (χ1) is 9.06. The Hall–Kier alpha value is -1.80. The van der Waals surface area contributed by atoms with Crippen molar-refractivity contribution in [3.63, 3.8) is 0 Å². The minimum atomic E-state index is -0.346. The molecular formula is C17H19NO. The lowest BCUT2D eigenvalue weighted by Crippen LogP contribution is -2.11. The number of rotatable bonds is 2. The van der Waals surface area contributed by atoms with Gasteiger partial charge in [0.05, 0.1) is 6.10 Å². The second kappa shape index (κ2) is 4.39. The van der Waals surface area contributed by atoms with Crippen molar-refractivity contribution in [1.82, 2.24) is 4.57 Å². The smallest absolute Gasteiger partial charge is 0.0691 e. The van der Waals surface area contributed by atoms with Gasteiger partial charge in [0.1, 0.15) is 0 Å². The van der Waals surface area contributed by atoms with Crippen LogP contribution < -0.4 is 0 Å². The monoisotopic (exact) mass is 253 g/mol. The largest absolute Gasteiger partial charge is 0.392 e. The molecule has 0 bridgehead atoms. The molecule has 0 saturated carbocycles. The second-order valence-corrected chi connectivity index (χ2v) is 5.50. The highest BCUT2D eigenvalue weighted by atomic mass is 16.3. The summed E-state index contributed by atoms with van der Waals surface area (Å²) in [5.74, 6) is 0. The van der Waals surface area contributed by atoms with E-state index in [1.54, 1.807) is 0 Å². The number of hydrogen-bond acceptors (Lipinski definition) is 1. The molecular weight excluding hydrogens is 234 g/mol. The van der Waals surface area contributed by atoms with E-state index in [4.69, 9.17) is 0 Å². The summed E-state index contributed by atoms with van der Waals surface area (Å²) in [6, 6.07) is 13.0. The van der Waals surface area contributed by atoms with Crippen LogP contribution in [0.2, 0.25) is 0 Å². The Kier molecular flexibility index (Phi) is 2.83. The van der Waals surface area contributed by atoms with Crippen LogP contribution in [0.25, 0.3) is 21.8 Å². The Labute approximate surface area is 113 Å². The molecule has 2 heteroatoms. The number of nitrogens with zero attached hydrogens (tertiary/aromatic N) is 1. The zero-order valence-electron chi connectivity index (χ0n) is 11.6. The fourth-order valence-corrected chi connectivity index (χ4v) is 2.79. The van der Waals surface area contributed by atoms with Crippen LogP contribution in [0.1, 0.15) is 18.1 Å². The summed E-state index contributed by atoms with van der Waals surface area (Å²) in [5, 5.41) is 12.3. The maximum Gasteiger partial charge on any atom is 0.0691 e. The number of fused-ring (bicyclic) bond motifs is 3. The van der Waals surface area contributed by atoms with E-state index in [2.05, 4.69) is 54.8 Å². The van der Waals surface area contributed by atoms with Gasteiger partial charge in [-0.2, -0.15) is 0 Å². The van der Waals surface area contributed by atoms with E-state index >= 15 is 0 Å². The molecule has 0 amide bonds. The Morgan fingerprint density at radius 1 is 0.947 bits per heavy atom. The Morgan fingerprint density at radius 2 is 1.42 bits per heavy atom. The highest BCUT2D eigenvalue weighted by Crippen LogP contribution is 2.30. The Bertz CT molecular complexity index is 693. The summed E-state index contributed by atoms with van der Waals surface area (Å²) in [4.78, 5) is 0. The van der Waals surface area contributed by atoms with Crippen LogP contribution in [0, 0.1) is 13.8 Å². The predicted octanol–water partition coefficient (Wildman–Crippen LogP) is 3.79. The van der Waals surface area contributed by atoms with E-state index in [0.29, 0.717) is 6.54 Å². The molecule has 0 aliphatic heterocycles. The first kappa shape index (κ1) is 12.2. The number of hydrogen-bond donors (Lipinski definition) is 1. The average Bonchev–Trinajstić information content (AvgIpc) is 2.62. The number of benzene rings is 2. The summed E-state index contributed by atoms with van der Waals surface area (Å²) in [7, 11) is 0. The van der Waals surface area contributed by atoms with Gasteiger partial charge in [0.25, 0.3) is 0 Å². The summed E-state index contributed by atoms with van der Waals surface area (Å²) in [6.07, 6.45) is -0.346. The predicted molar refractivity (Wildman–Crippen MR) is 80.6 cm³/mol. The van der Waals surface area contributed by atoms with Crippen LogP contribution in [0.15, 0.2) is 36.4 Å². The molecule has 0 aliphatic carbocycles. The minimum Gasteiger partial charge on any atom is -0.392 e. The molecule has 1 N–H and O–H groups in total. The molecule has 0 fully saturated rings. The number of aryl methyl sites for hydroxylation is 2. The van der Waals surface area contributed by atoms with E-state index in [0.717, 1.165) is 0 Å². The summed E-state index contributed by atoms with van der Waals surface area (Å²) >= 11 is 0. The van der Waals surface area contributed by atoms with Crippen molar-refractivity contribution >= 4 is 21.8 Å². The quantitative estimate of drug-likeness (QED) is 0.738. The van der Waals surface area contributed by atoms with Gasteiger partial charge in [0.15, 0.2) is 0 Å². The van der Waals surface area contributed by atoms with Crippen LogP contribution in [-0.2, 0) is 6.54 Å². The molecule has 1 heterocycles. The van der Waals surface area contributed by atoms with E-state index in [9.17, 15) is 5.11 Å².